The number of benzene rings is 2. The summed E-state index contributed by atoms with van der Waals surface area (Å²) in [7, 11) is 0. The van der Waals surface area contributed by atoms with Crippen LogP contribution in [0.4, 0.5) is 0 Å². The van der Waals surface area contributed by atoms with Crippen molar-refractivity contribution in [2.45, 2.75) is 84.0 Å². The van der Waals surface area contributed by atoms with Gasteiger partial charge in [0.2, 0.25) is 5.91 Å². The standard InChI is InChI=1S/C30H39Cl2N3O4/c1-2-3-4-5-6-7-8-9-10-11-12-13-28(36)33-22-29(37)35-34-21-23-14-17-25(18-15-23)39-30(38)26-19-16-24(31)20-27(26)32/h14-21H,2-13,22H2,1H3,(H,33,36)(H,35,37). The van der Waals surface area contributed by atoms with E-state index in [-0.39, 0.29) is 23.0 Å². The molecule has 0 saturated heterocycles. The molecule has 2 amide bonds. The second-order valence-corrected chi connectivity index (χ2v) is 10.3. The van der Waals surface area contributed by atoms with Crippen molar-refractivity contribution in [1.82, 2.24) is 10.7 Å². The maximum atomic E-state index is 12.3. The Morgan fingerprint density at radius 1 is 0.821 bits per heavy atom. The molecule has 0 aliphatic carbocycles. The first kappa shape index (κ1) is 32.3. The van der Waals surface area contributed by atoms with Crippen molar-refractivity contribution in [2.75, 3.05) is 6.54 Å². The third-order valence-corrected chi connectivity index (χ3v) is 6.65. The fourth-order valence-electron chi connectivity index (χ4n) is 3.87. The zero-order valence-corrected chi connectivity index (χ0v) is 24.2. The van der Waals surface area contributed by atoms with E-state index in [1.165, 1.54) is 69.7 Å². The Morgan fingerprint density at radius 2 is 1.44 bits per heavy atom. The average molecular weight is 577 g/mol. The number of hydrogen-bond donors (Lipinski definition) is 2. The van der Waals surface area contributed by atoms with E-state index >= 15 is 0 Å². The molecule has 2 aromatic rings. The second kappa shape index (κ2) is 19.2. The minimum Gasteiger partial charge on any atom is -0.423 e. The number of ether oxygens (including phenoxy) is 1. The first-order chi connectivity index (χ1) is 18.9. The molecule has 0 saturated carbocycles. The number of nitrogens with zero attached hydrogens (tertiary/aromatic N) is 1. The lowest BCUT2D eigenvalue weighted by Crippen LogP contribution is -2.34. The fraction of sp³-hybridized carbons (Fsp3) is 0.467. The summed E-state index contributed by atoms with van der Waals surface area (Å²) in [4.78, 5) is 36.2. The summed E-state index contributed by atoms with van der Waals surface area (Å²) in [5, 5.41) is 7.15. The Bertz CT molecular complexity index is 1070. The second-order valence-electron chi connectivity index (χ2n) is 9.44. The third-order valence-electron chi connectivity index (χ3n) is 6.10. The summed E-state index contributed by atoms with van der Waals surface area (Å²) < 4.78 is 5.32. The number of hydrazone groups is 1. The monoisotopic (exact) mass is 575 g/mol. The van der Waals surface area contributed by atoms with Gasteiger partial charge in [-0.1, -0.05) is 94.3 Å². The molecule has 2 aromatic carbocycles. The number of unbranched alkanes of at least 4 members (excludes halogenated alkanes) is 10. The van der Waals surface area contributed by atoms with Crippen LogP contribution in [-0.2, 0) is 9.59 Å². The van der Waals surface area contributed by atoms with Crippen LogP contribution in [0, 0.1) is 0 Å². The van der Waals surface area contributed by atoms with Crippen LogP contribution in [0.3, 0.4) is 0 Å². The summed E-state index contributed by atoms with van der Waals surface area (Å²) in [6, 6.07) is 11.1. The van der Waals surface area contributed by atoms with Crippen molar-refractivity contribution in [3.05, 3.63) is 63.6 Å². The number of nitrogens with one attached hydrogen (secondary N) is 2. The molecule has 9 heteroatoms. The normalized spacial score (nSPS) is 10.9. The van der Waals surface area contributed by atoms with Gasteiger partial charge in [0, 0.05) is 11.4 Å². The van der Waals surface area contributed by atoms with Crippen LogP contribution >= 0.6 is 23.2 Å². The van der Waals surface area contributed by atoms with Crippen LogP contribution in [0.1, 0.15) is 99.9 Å². The molecule has 0 aliphatic rings. The van der Waals surface area contributed by atoms with Gasteiger partial charge in [-0.05, 0) is 54.4 Å². The number of esters is 1. The van der Waals surface area contributed by atoms with E-state index in [0.29, 0.717) is 22.8 Å². The van der Waals surface area contributed by atoms with Crippen molar-refractivity contribution in [2.24, 2.45) is 5.10 Å². The van der Waals surface area contributed by atoms with Gasteiger partial charge < -0.3 is 10.1 Å². The molecule has 0 atom stereocenters. The fourth-order valence-corrected chi connectivity index (χ4v) is 4.36. The first-order valence-corrected chi connectivity index (χ1v) is 14.5. The van der Waals surface area contributed by atoms with Crippen molar-refractivity contribution >= 4 is 47.2 Å². The van der Waals surface area contributed by atoms with Gasteiger partial charge in [-0.3, -0.25) is 9.59 Å². The molecule has 0 aliphatic heterocycles. The number of hydrogen-bond acceptors (Lipinski definition) is 5. The lowest BCUT2D eigenvalue weighted by atomic mass is 10.1. The van der Waals surface area contributed by atoms with Crippen LogP contribution in [0.5, 0.6) is 5.75 Å². The summed E-state index contributed by atoms with van der Waals surface area (Å²) in [6.45, 7) is 2.11. The van der Waals surface area contributed by atoms with Gasteiger partial charge in [-0.25, -0.2) is 10.2 Å². The number of carbonyl (C=O) groups excluding carboxylic acids is 3. The molecule has 2 N–H and O–H groups in total. The smallest absolute Gasteiger partial charge is 0.345 e. The molecule has 212 valence electrons. The van der Waals surface area contributed by atoms with E-state index in [1.807, 2.05) is 0 Å². The van der Waals surface area contributed by atoms with E-state index in [4.69, 9.17) is 27.9 Å². The highest BCUT2D eigenvalue weighted by molar-refractivity contribution is 6.36. The van der Waals surface area contributed by atoms with Crippen molar-refractivity contribution in [3.63, 3.8) is 0 Å². The zero-order chi connectivity index (χ0) is 28.3. The van der Waals surface area contributed by atoms with E-state index in [0.717, 1.165) is 19.3 Å². The van der Waals surface area contributed by atoms with Gasteiger partial charge in [0.1, 0.15) is 5.75 Å². The molecular formula is C30H39Cl2N3O4. The molecule has 0 fully saturated rings. The summed E-state index contributed by atoms with van der Waals surface area (Å²) in [5.74, 6) is -0.817. The van der Waals surface area contributed by atoms with Crippen molar-refractivity contribution in [1.29, 1.82) is 0 Å². The lowest BCUT2D eigenvalue weighted by Gasteiger charge is -2.06. The van der Waals surface area contributed by atoms with Gasteiger partial charge in [-0.15, -0.1) is 0 Å². The first-order valence-electron chi connectivity index (χ1n) is 13.7. The van der Waals surface area contributed by atoms with Crippen LogP contribution in [0.2, 0.25) is 10.0 Å². The molecule has 0 unspecified atom stereocenters. The van der Waals surface area contributed by atoms with E-state index in [2.05, 4.69) is 22.8 Å². The number of carbonyl (C=O) groups is 3. The number of halogens is 2. The summed E-state index contributed by atoms with van der Waals surface area (Å²) in [6.07, 6.45) is 15.4. The van der Waals surface area contributed by atoms with Gasteiger partial charge >= 0.3 is 5.97 Å². The Hall–Kier alpha value is -2.90. The largest absolute Gasteiger partial charge is 0.423 e. The molecule has 0 aromatic heterocycles. The van der Waals surface area contributed by atoms with Crippen molar-refractivity contribution in [3.8, 4) is 5.75 Å². The molecule has 0 radical (unpaired) electrons. The Labute approximate surface area is 241 Å². The molecule has 0 heterocycles. The molecule has 7 nitrogen and oxygen atoms in total. The highest BCUT2D eigenvalue weighted by Crippen LogP contribution is 2.23. The minimum absolute atomic E-state index is 0.129. The maximum Gasteiger partial charge on any atom is 0.345 e. The summed E-state index contributed by atoms with van der Waals surface area (Å²) >= 11 is 11.9. The summed E-state index contributed by atoms with van der Waals surface area (Å²) in [5.41, 5.74) is 3.27. The maximum absolute atomic E-state index is 12.3. The van der Waals surface area contributed by atoms with Gasteiger partial charge in [-0.2, -0.15) is 5.10 Å². The van der Waals surface area contributed by atoms with Gasteiger partial charge in [0.05, 0.1) is 23.3 Å². The predicted octanol–water partition coefficient (Wildman–Crippen LogP) is 7.48. The number of amides is 2. The lowest BCUT2D eigenvalue weighted by molar-refractivity contribution is -0.126. The molecule has 2 rings (SSSR count). The zero-order valence-electron chi connectivity index (χ0n) is 22.6. The number of rotatable bonds is 18. The molecule has 0 spiro atoms. The molecule has 0 bridgehead atoms. The highest BCUT2D eigenvalue weighted by Gasteiger charge is 2.13. The average Bonchev–Trinajstić information content (AvgIpc) is 2.91. The van der Waals surface area contributed by atoms with Crippen LogP contribution in [0.15, 0.2) is 47.6 Å². The van der Waals surface area contributed by atoms with E-state index in [9.17, 15) is 14.4 Å². The SMILES string of the molecule is CCCCCCCCCCCCCC(=O)NCC(=O)NN=Cc1ccc(OC(=O)c2ccc(Cl)cc2Cl)cc1. The molecular weight excluding hydrogens is 537 g/mol. The Kier molecular flexibility index (Phi) is 15.9. The quantitative estimate of drug-likeness (QED) is 0.0632. The van der Waals surface area contributed by atoms with E-state index < -0.39 is 11.9 Å². The van der Waals surface area contributed by atoms with E-state index in [1.54, 1.807) is 30.3 Å². The topological polar surface area (TPSA) is 96.9 Å². The van der Waals surface area contributed by atoms with Gasteiger partial charge in [0.15, 0.2) is 0 Å². The third kappa shape index (κ3) is 14.2. The van der Waals surface area contributed by atoms with Crippen LogP contribution < -0.4 is 15.5 Å². The molecule has 39 heavy (non-hydrogen) atoms. The minimum atomic E-state index is -0.601. The van der Waals surface area contributed by atoms with Crippen molar-refractivity contribution < 1.29 is 19.1 Å². The van der Waals surface area contributed by atoms with Crippen LogP contribution in [-0.4, -0.2) is 30.5 Å². The Morgan fingerprint density at radius 3 is 2.05 bits per heavy atom. The van der Waals surface area contributed by atoms with Gasteiger partial charge in [0.25, 0.3) is 5.91 Å². The predicted molar refractivity (Wildman–Crippen MR) is 158 cm³/mol. The highest BCUT2D eigenvalue weighted by atomic mass is 35.5. The Balaban J connectivity index is 1.56. The van der Waals surface area contributed by atoms with Crippen LogP contribution in [0.25, 0.3) is 0 Å².